The Morgan fingerprint density at radius 1 is 1.20 bits per heavy atom. The number of hydrogen-bond acceptors (Lipinski definition) is 3. The summed E-state index contributed by atoms with van der Waals surface area (Å²) < 4.78 is 5.36. The van der Waals surface area contributed by atoms with Crippen LogP contribution < -0.4 is 10.6 Å². The average Bonchev–Trinajstić information content (AvgIpc) is 2.97. The minimum absolute atomic E-state index is 0.0306. The number of nitrogens with one attached hydrogen (secondary N) is 2. The van der Waals surface area contributed by atoms with Gasteiger partial charge in [0, 0.05) is 24.7 Å². The van der Waals surface area contributed by atoms with Gasteiger partial charge >= 0.3 is 11.8 Å². The Labute approximate surface area is 122 Å². The Bertz CT molecular complexity index is 470. The maximum absolute atomic E-state index is 11.6. The fraction of sp³-hybridized carbons (Fsp3) is 0.429. The van der Waals surface area contributed by atoms with E-state index in [-0.39, 0.29) is 6.10 Å². The summed E-state index contributed by atoms with van der Waals surface area (Å²) >= 11 is 5.76. The number of benzene rings is 1. The summed E-state index contributed by atoms with van der Waals surface area (Å²) in [5.41, 5.74) is 0.884. The standard InChI is InChI=1S/C14H17ClN2O3/c15-11-5-3-10(4-6-11)8-16-13(18)14(19)17-9-12-2-1-7-20-12/h3-6,12H,1-2,7-9H2,(H,16,18)(H,17,19)/t12-/m0/s1. The third kappa shape index (κ3) is 4.51. The zero-order chi connectivity index (χ0) is 14.4. The van der Waals surface area contributed by atoms with Gasteiger partial charge in [0.15, 0.2) is 0 Å². The zero-order valence-corrected chi connectivity index (χ0v) is 11.8. The van der Waals surface area contributed by atoms with Crippen LogP contribution >= 0.6 is 11.6 Å². The van der Waals surface area contributed by atoms with E-state index in [9.17, 15) is 9.59 Å². The van der Waals surface area contributed by atoms with Crippen molar-refractivity contribution in [3.63, 3.8) is 0 Å². The van der Waals surface area contributed by atoms with Gasteiger partial charge < -0.3 is 15.4 Å². The molecule has 1 heterocycles. The van der Waals surface area contributed by atoms with E-state index >= 15 is 0 Å². The second-order valence-electron chi connectivity index (χ2n) is 4.65. The molecule has 1 saturated heterocycles. The van der Waals surface area contributed by atoms with Crippen LogP contribution in [0.25, 0.3) is 0 Å². The van der Waals surface area contributed by atoms with Crippen LogP contribution in [0.2, 0.25) is 5.02 Å². The van der Waals surface area contributed by atoms with Crippen LogP contribution in [0, 0.1) is 0 Å². The van der Waals surface area contributed by atoms with Gasteiger partial charge in [0.2, 0.25) is 0 Å². The van der Waals surface area contributed by atoms with Crippen LogP contribution in [-0.4, -0.2) is 31.1 Å². The van der Waals surface area contributed by atoms with E-state index in [4.69, 9.17) is 16.3 Å². The molecule has 108 valence electrons. The Morgan fingerprint density at radius 2 is 1.90 bits per heavy atom. The molecule has 1 aliphatic heterocycles. The molecule has 2 amide bonds. The highest BCUT2D eigenvalue weighted by Gasteiger charge is 2.18. The zero-order valence-electron chi connectivity index (χ0n) is 11.0. The lowest BCUT2D eigenvalue weighted by molar-refractivity contribution is -0.139. The summed E-state index contributed by atoms with van der Waals surface area (Å²) in [6, 6.07) is 7.07. The lowest BCUT2D eigenvalue weighted by Gasteiger charge is -2.10. The lowest BCUT2D eigenvalue weighted by atomic mass is 10.2. The van der Waals surface area contributed by atoms with Gasteiger partial charge in [-0.2, -0.15) is 0 Å². The number of halogens is 1. The minimum Gasteiger partial charge on any atom is -0.376 e. The second kappa shape index (κ2) is 7.26. The molecule has 1 aliphatic rings. The molecule has 20 heavy (non-hydrogen) atoms. The van der Waals surface area contributed by atoms with Crippen LogP contribution in [0.4, 0.5) is 0 Å². The first-order valence-electron chi connectivity index (χ1n) is 6.57. The summed E-state index contributed by atoms with van der Waals surface area (Å²) in [5, 5.41) is 5.77. The van der Waals surface area contributed by atoms with Gasteiger partial charge in [-0.15, -0.1) is 0 Å². The molecule has 1 aromatic rings. The van der Waals surface area contributed by atoms with Crippen molar-refractivity contribution in [2.24, 2.45) is 0 Å². The van der Waals surface area contributed by atoms with Crippen molar-refractivity contribution < 1.29 is 14.3 Å². The van der Waals surface area contributed by atoms with Gasteiger partial charge in [-0.05, 0) is 30.5 Å². The lowest BCUT2D eigenvalue weighted by Crippen LogP contribution is -2.42. The molecule has 2 rings (SSSR count). The molecule has 0 spiro atoms. The molecule has 6 heteroatoms. The largest absolute Gasteiger partial charge is 0.376 e. The van der Waals surface area contributed by atoms with E-state index in [1.54, 1.807) is 24.3 Å². The van der Waals surface area contributed by atoms with Crippen molar-refractivity contribution in [3.8, 4) is 0 Å². The molecule has 0 saturated carbocycles. The van der Waals surface area contributed by atoms with E-state index in [1.165, 1.54) is 0 Å². The first kappa shape index (κ1) is 14.8. The molecular formula is C14H17ClN2O3. The number of ether oxygens (including phenoxy) is 1. The summed E-state index contributed by atoms with van der Waals surface area (Å²) in [4.78, 5) is 23.2. The van der Waals surface area contributed by atoms with Gasteiger partial charge in [0.1, 0.15) is 0 Å². The highest BCUT2D eigenvalue weighted by atomic mass is 35.5. The van der Waals surface area contributed by atoms with Gasteiger partial charge in [-0.25, -0.2) is 0 Å². The Hall–Kier alpha value is -1.59. The average molecular weight is 297 g/mol. The molecule has 1 aromatic carbocycles. The minimum atomic E-state index is -0.641. The molecule has 1 atom stereocenters. The summed E-state index contributed by atoms with van der Waals surface area (Å²) in [6.07, 6.45) is 1.96. The molecule has 5 nitrogen and oxygen atoms in total. The highest BCUT2D eigenvalue weighted by Crippen LogP contribution is 2.10. The van der Waals surface area contributed by atoms with Crippen molar-refractivity contribution >= 4 is 23.4 Å². The van der Waals surface area contributed by atoms with Gasteiger partial charge in [-0.3, -0.25) is 9.59 Å². The third-order valence-corrected chi connectivity index (χ3v) is 3.34. The predicted octanol–water partition coefficient (Wildman–Crippen LogP) is 1.25. The fourth-order valence-electron chi connectivity index (χ4n) is 1.96. The fourth-order valence-corrected chi connectivity index (χ4v) is 2.08. The Morgan fingerprint density at radius 3 is 2.55 bits per heavy atom. The molecule has 2 N–H and O–H groups in total. The van der Waals surface area contributed by atoms with Crippen molar-refractivity contribution in [1.82, 2.24) is 10.6 Å². The number of carbonyl (C=O) groups excluding carboxylic acids is 2. The summed E-state index contributed by atoms with van der Waals surface area (Å²) in [5.74, 6) is -1.27. The quantitative estimate of drug-likeness (QED) is 0.822. The Balaban J connectivity index is 1.70. The van der Waals surface area contributed by atoms with E-state index in [1.807, 2.05) is 0 Å². The number of hydrogen-bond donors (Lipinski definition) is 2. The van der Waals surface area contributed by atoms with Crippen LogP contribution in [0.5, 0.6) is 0 Å². The Kier molecular flexibility index (Phi) is 5.38. The molecule has 0 aromatic heterocycles. The summed E-state index contributed by atoms with van der Waals surface area (Å²) in [6.45, 7) is 1.40. The van der Waals surface area contributed by atoms with Crippen molar-refractivity contribution in [2.75, 3.05) is 13.2 Å². The van der Waals surface area contributed by atoms with Crippen LogP contribution in [0.15, 0.2) is 24.3 Å². The smallest absolute Gasteiger partial charge is 0.309 e. The number of amides is 2. The van der Waals surface area contributed by atoms with E-state index in [0.717, 1.165) is 25.0 Å². The van der Waals surface area contributed by atoms with Gasteiger partial charge in [0.05, 0.1) is 6.10 Å². The number of rotatable bonds is 4. The van der Waals surface area contributed by atoms with Crippen molar-refractivity contribution in [1.29, 1.82) is 0 Å². The van der Waals surface area contributed by atoms with Crippen LogP contribution in [0.1, 0.15) is 18.4 Å². The topological polar surface area (TPSA) is 67.4 Å². The first-order valence-corrected chi connectivity index (χ1v) is 6.95. The predicted molar refractivity (Wildman–Crippen MR) is 75.3 cm³/mol. The second-order valence-corrected chi connectivity index (χ2v) is 5.09. The van der Waals surface area contributed by atoms with Crippen molar-refractivity contribution in [2.45, 2.75) is 25.5 Å². The van der Waals surface area contributed by atoms with Crippen LogP contribution in [0.3, 0.4) is 0 Å². The van der Waals surface area contributed by atoms with Crippen molar-refractivity contribution in [3.05, 3.63) is 34.9 Å². The molecular weight excluding hydrogens is 280 g/mol. The normalized spacial score (nSPS) is 17.8. The van der Waals surface area contributed by atoms with E-state index < -0.39 is 11.8 Å². The van der Waals surface area contributed by atoms with E-state index in [2.05, 4.69) is 10.6 Å². The monoisotopic (exact) mass is 296 g/mol. The SMILES string of the molecule is O=C(NCc1ccc(Cl)cc1)C(=O)NC[C@@H]1CCCO1. The maximum Gasteiger partial charge on any atom is 0.309 e. The molecule has 1 fully saturated rings. The third-order valence-electron chi connectivity index (χ3n) is 3.09. The molecule has 0 radical (unpaired) electrons. The van der Waals surface area contributed by atoms with Crippen LogP contribution in [-0.2, 0) is 20.9 Å². The molecule has 0 unspecified atom stereocenters. The maximum atomic E-state index is 11.6. The molecule has 0 aliphatic carbocycles. The first-order chi connectivity index (χ1) is 9.65. The van der Waals surface area contributed by atoms with Gasteiger partial charge in [-0.1, -0.05) is 23.7 Å². The molecule has 0 bridgehead atoms. The van der Waals surface area contributed by atoms with E-state index in [0.29, 0.717) is 18.1 Å². The van der Waals surface area contributed by atoms with Gasteiger partial charge in [0.25, 0.3) is 0 Å². The number of carbonyl (C=O) groups is 2. The summed E-state index contributed by atoms with van der Waals surface area (Å²) in [7, 11) is 0. The highest BCUT2D eigenvalue weighted by molar-refractivity contribution is 6.35.